The maximum absolute atomic E-state index is 2.46. The number of fused-ring (bicyclic) bond motifs is 7. The van der Waals surface area contributed by atoms with Crippen molar-refractivity contribution < 1.29 is 0 Å². The van der Waals surface area contributed by atoms with E-state index in [0.717, 1.165) is 28.4 Å². The van der Waals surface area contributed by atoms with Gasteiger partial charge < -0.3 is 14.7 Å². The van der Waals surface area contributed by atoms with Gasteiger partial charge >= 0.3 is 0 Å². The lowest BCUT2D eigenvalue weighted by Crippen LogP contribution is -2.19. The molecule has 0 saturated carbocycles. The zero-order valence-electron chi connectivity index (χ0n) is 32.0. The van der Waals surface area contributed by atoms with Crippen LogP contribution >= 0.6 is 23.5 Å². The molecule has 0 atom stereocenters. The highest BCUT2D eigenvalue weighted by Crippen LogP contribution is 2.56. The first-order valence-corrected chi connectivity index (χ1v) is 21.1. The Morgan fingerprint density at radius 1 is 0.404 bits per heavy atom. The van der Waals surface area contributed by atoms with Crippen molar-refractivity contribution in [2.24, 2.45) is 0 Å². The third-order valence-corrected chi connectivity index (χ3v) is 13.9. The summed E-state index contributed by atoms with van der Waals surface area (Å²) in [6.45, 7) is 6.89. The molecule has 0 N–H and O–H groups in total. The van der Waals surface area contributed by atoms with Crippen molar-refractivity contribution in [1.29, 1.82) is 0 Å². The fraction of sp³-hybridized carbons (Fsp3) is 0.0769. The average molecular weight is 770 g/mol. The van der Waals surface area contributed by atoms with Crippen LogP contribution in [0.1, 0.15) is 30.5 Å². The predicted molar refractivity (Wildman–Crippen MR) is 241 cm³/mol. The molecule has 274 valence electrons. The number of para-hydroxylation sites is 4. The highest BCUT2D eigenvalue weighted by molar-refractivity contribution is 8.00. The van der Waals surface area contributed by atoms with Crippen LogP contribution in [0.15, 0.2) is 202 Å². The molecule has 0 saturated heterocycles. The Kier molecular flexibility index (Phi) is 7.92. The topological polar surface area (TPSA) is 9.72 Å². The van der Waals surface area contributed by atoms with Crippen molar-refractivity contribution in [2.75, 3.05) is 14.7 Å². The molecular weight excluding hydrogens is 731 g/mol. The molecular formula is C52H39N3S2. The highest BCUT2D eigenvalue weighted by Gasteiger charge is 2.36. The van der Waals surface area contributed by atoms with Gasteiger partial charge in [-0.3, -0.25) is 0 Å². The van der Waals surface area contributed by atoms with Gasteiger partial charge in [0.1, 0.15) is 0 Å². The van der Waals surface area contributed by atoms with E-state index in [2.05, 4.69) is 217 Å². The quantitative estimate of drug-likeness (QED) is 0.172. The van der Waals surface area contributed by atoms with Crippen molar-refractivity contribution in [3.05, 3.63) is 199 Å². The summed E-state index contributed by atoms with van der Waals surface area (Å²) in [7, 11) is 0. The van der Waals surface area contributed by atoms with Gasteiger partial charge in [-0.15, -0.1) is 0 Å². The predicted octanol–water partition coefficient (Wildman–Crippen LogP) is 15.6. The molecule has 2 aliphatic heterocycles. The van der Waals surface area contributed by atoms with Crippen LogP contribution in [0, 0.1) is 6.92 Å². The van der Waals surface area contributed by atoms with Gasteiger partial charge in [0, 0.05) is 36.4 Å². The SMILES string of the molecule is Cc1ccc(N(c2cc(N3c4ccccc4Sc4ccccc43)cc(N3c4ccccc4Sc4ccccc43)c2)c2ccc3c(c2)C(C)(C)c2ccccc2-3)cc1. The van der Waals surface area contributed by atoms with E-state index in [1.807, 2.05) is 23.5 Å². The summed E-state index contributed by atoms with van der Waals surface area (Å²) in [5, 5.41) is 0. The number of aryl methyl sites for hydroxylation is 1. The van der Waals surface area contributed by atoms with E-state index < -0.39 is 0 Å². The third-order valence-electron chi connectivity index (χ3n) is 11.6. The number of hydrogen-bond donors (Lipinski definition) is 0. The second-order valence-electron chi connectivity index (χ2n) is 15.5. The van der Waals surface area contributed by atoms with Crippen LogP contribution in [0.5, 0.6) is 0 Å². The van der Waals surface area contributed by atoms with Gasteiger partial charge in [-0.25, -0.2) is 0 Å². The van der Waals surface area contributed by atoms with E-state index in [1.165, 1.54) is 70.1 Å². The van der Waals surface area contributed by atoms with Crippen molar-refractivity contribution in [2.45, 2.75) is 45.8 Å². The summed E-state index contributed by atoms with van der Waals surface area (Å²) in [5.41, 5.74) is 16.7. The third kappa shape index (κ3) is 5.52. The fourth-order valence-electron chi connectivity index (χ4n) is 8.90. The van der Waals surface area contributed by atoms with Gasteiger partial charge in [0.05, 0.1) is 39.8 Å². The molecule has 2 heterocycles. The molecule has 0 spiro atoms. The minimum atomic E-state index is -0.133. The molecule has 0 radical (unpaired) electrons. The highest BCUT2D eigenvalue weighted by atomic mass is 32.2. The van der Waals surface area contributed by atoms with Crippen LogP contribution in [0.2, 0.25) is 0 Å². The Labute approximate surface area is 343 Å². The first-order chi connectivity index (χ1) is 27.9. The van der Waals surface area contributed by atoms with Crippen molar-refractivity contribution in [3.8, 4) is 11.1 Å². The zero-order valence-corrected chi connectivity index (χ0v) is 33.6. The normalized spacial score (nSPS) is 14.2. The lowest BCUT2D eigenvalue weighted by Gasteiger charge is -2.37. The van der Waals surface area contributed by atoms with Crippen LogP contribution in [-0.4, -0.2) is 0 Å². The molecule has 0 bridgehead atoms. The Morgan fingerprint density at radius 3 is 1.37 bits per heavy atom. The Hall–Kier alpha value is -6.14. The standard InChI is InChI=1S/C52H39N3S2/c1-34-24-26-35(27-25-34)53(36-28-29-41-40-14-4-5-15-42(40)52(2,3)43(41)33-36)37-30-38(54-44-16-6-10-20-48(44)56-49-21-11-7-17-45(49)54)32-39(31-37)55-46-18-8-12-22-50(46)57-51-23-13-9-19-47(51)55/h4-33H,1-3H3. The molecule has 0 aromatic heterocycles. The maximum atomic E-state index is 2.46. The molecule has 11 rings (SSSR count). The van der Waals surface area contributed by atoms with Crippen LogP contribution < -0.4 is 14.7 Å². The number of hydrogen-bond acceptors (Lipinski definition) is 5. The molecule has 8 aromatic carbocycles. The average Bonchev–Trinajstić information content (AvgIpc) is 3.47. The Morgan fingerprint density at radius 2 is 0.842 bits per heavy atom. The molecule has 3 aliphatic rings. The lowest BCUT2D eigenvalue weighted by molar-refractivity contribution is 0.660. The van der Waals surface area contributed by atoms with Crippen LogP contribution in [-0.2, 0) is 5.41 Å². The molecule has 0 amide bonds. The van der Waals surface area contributed by atoms with Crippen LogP contribution in [0.4, 0.5) is 51.2 Å². The molecule has 0 fully saturated rings. The summed E-state index contributed by atoms with van der Waals surface area (Å²) in [6.07, 6.45) is 0. The van der Waals surface area contributed by atoms with Crippen molar-refractivity contribution in [3.63, 3.8) is 0 Å². The minimum Gasteiger partial charge on any atom is -0.310 e. The van der Waals surface area contributed by atoms with Gasteiger partial charge in [-0.05, 0) is 120 Å². The monoisotopic (exact) mass is 769 g/mol. The first-order valence-electron chi connectivity index (χ1n) is 19.5. The largest absolute Gasteiger partial charge is 0.310 e. The molecule has 1 aliphatic carbocycles. The van der Waals surface area contributed by atoms with E-state index in [-0.39, 0.29) is 5.41 Å². The fourth-order valence-corrected chi connectivity index (χ4v) is 11.0. The number of rotatable bonds is 5. The summed E-state index contributed by atoms with van der Waals surface area (Å²) in [5.74, 6) is 0. The van der Waals surface area contributed by atoms with Gasteiger partial charge in [-0.2, -0.15) is 0 Å². The van der Waals surface area contributed by atoms with E-state index in [0.29, 0.717) is 0 Å². The number of anilines is 9. The summed E-state index contributed by atoms with van der Waals surface area (Å²) in [6, 6.07) is 67.3. The van der Waals surface area contributed by atoms with E-state index in [9.17, 15) is 0 Å². The minimum absolute atomic E-state index is 0.133. The summed E-state index contributed by atoms with van der Waals surface area (Å²) >= 11 is 3.68. The molecule has 8 aromatic rings. The second kappa shape index (κ2) is 13.2. The van der Waals surface area contributed by atoms with Crippen molar-refractivity contribution >= 4 is 74.7 Å². The molecule has 57 heavy (non-hydrogen) atoms. The smallest absolute Gasteiger partial charge is 0.0601 e. The first kappa shape index (κ1) is 34.1. The van der Waals surface area contributed by atoms with Crippen LogP contribution in [0.3, 0.4) is 0 Å². The van der Waals surface area contributed by atoms with Gasteiger partial charge in [-0.1, -0.05) is 134 Å². The van der Waals surface area contributed by atoms with Gasteiger partial charge in [0.15, 0.2) is 0 Å². The maximum Gasteiger partial charge on any atom is 0.0601 e. The zero-order chi connectivity index (χ0) is 38.3. The summed E-state index contributed by atoms with van der Waals surface area (Å²) in [4.78, 5) is 12.3. The van der Waals surface area contributed by atoms with Crippen LogP contribution in [0.25, 0.3) is 11.1 Å². The molecule has 0 unspecified atom stereocenters. The molecule has 3 nitrogen and oxygen atoms in total. The number of benzene rings is 8. The van der Waals surface area contributed by atoms with Gasteiger partial charge in [0.25, 0.3) is 0 Å². The van der Waals surface area contributed by atoms with E-state index in [4.69, 9.17) is 0 Å². The summed E-state index contributed by atoms with van der Waals surface area (Å²) < 4.78 is 0. The molecule has 5 heteroatoms. The van der Waals surface area contributed by atoms with Crippen molar-refractivity contribution in [1.82, 2.24) is 0 Å². The van der Waals surface area contributed by atoms with E-state index in [1.54, 1.807) is 0 Å². The van der Waals surface area contributed by atoms with Gasteiger partial charge in [0.2, 0.25) is 0 Å². The Balaban J connectivity index is 1.19. The van der Waals surface area contributed by atoms with E-state index >= 15 is 0 Å². The number of nitrogens with zero attached hydrogens (tertiary/aromatic N) is 3. The Bertz CT molecular complexity index is 2670. The lowest BCUT2D eigenvalue weighted by atomic mass is 9.82. The second-order valence-corrected chi connectivity index (χ2v) is 17.7.